The summed E-state index contributed by atoms with van der Waals surface area (Å²) in [5, 5.41) is 6.98. The second-order valence-electron chi connectivity index (χ2n) is 5.15. The normalized spacial score (nSPS) is 25.7. The number of aromatic nitrogens is 2. The summed E-state index contributed by atoms with van der Waals surface area (Å²) in [6.07, 6.45) is 2.14. The number of aryl methyl sites for hydroxylation is 1. The number of nitrogens with one attached hydrogen (secondary N) is 1. The molecule has 0 unspecified atom stereocenters. The lowest BCUT2D eigenvalue weighted by molar-refractivity contribution is 0.0320. The van der Waals surface area contributed by atoms with E-state index < -0.39 is 0 Å². The number of amides is 2. The summed E-state index contributed by atoms with van der Waals surface area (Å²) in [6, 6.07) is 0.104. The van der Waals surface area contributed by atoms with Crippen molar-refractivity contribution in [2.45, 2.75) is 12.5 Å². The number of ether oxygens (including phenoxy) is 1. The third kappa shape index (κ3) is 2.39. The molecule has 20 heavy (non-hydrogen) atoms. The highest BCUT2D eigenvalue weighted by Gasteiger charge is 2.37. The Morgan fingerprint density at radius 2 is 2.40 bits per heavy atom. The first-order chi connectivity index (χ1) is 9.54. The largest absolute Gasteiger partial charge is 0.449 e. The molecule has 0 bridgehead atoms. The van der Waals surface area contributed by atoms with Gasteiger partial charge in [-0.15, -0.1) is 0 Å². The number of hydrogen-bond acceptors (Lipinski definition) is 4. The van der Waals surface area contributed by atoms with Gasteiger partial charge in [-0.25, -0.2) is 4.79 Å². The van der Waals surface area contributed by atoms with Crippen molar-refractivity contribution in [1.82, 2.24) is 20.0 Å². The third-order valence-electron chi connectivity index (χ3n) is 3.74. The third-order valence-corrected chi connectivity index (χ3v) is 4.32. The van der Waals surface area contributed by atoms with Gasteiger partial charge in [-0.1, -0.05) is 0 Å². The lowest BCUT2D eigenvalue weighted by atomic mass is 9.92. The van der Waals surface area contributed by atoms with Crippen LogP contribution in [0.1, 0.15) is 16.9 Å². The van der Waals surface area contributed by atoms with E-state index in [-0.39, 0.29) is 24.0 Å². The summed E-state index contributed by atoms with van der Waals surface area (Å²) < 4.78 is 7.29. The number of halogens is 1. The molecular weight excluding hydrogens is 328 g/mol. The maximum absolute atomic E-state index is 12.5. The Hall–Kier alpha value is -1.57. The maximum Gasteiger partial charge on any atom is 0.407 e. The van der Waals surface area contributed by atoms with Crippen LogP contribution in [0.15, 0.2) is 10.7 Å². The Kier molecular flexibility index (Phi) is 3.41. The second kappa shape index (κ2) is 5.08. The summed E-state index contributed by atoms with van der Waals surface area (Å²) in [4.78, 5) is 25.4. The average molecular weight is 343 g/mol. The highest BCUT2D eigenvalue weighted by molar-refractivity contribution is 9.10. The highest BCUT2D eigenvalue weighted by Crippen LogP contribution is 2.24. The number of alkyl carbamates (subject to hydrolysis) is 1. The molecule has 2 aliphatic rings. The molecule has 2 amide bonds. The molecule has 3 heterocycles. The molecule has 0 radical (unpaired) electrons. The van der Waals surface area contributed by atoms with Crippen LogP contribution < -0.4 is 5.32 Å². The lowest BCUT2D eigenvalue weighted by Gasteiger charge is -2.40. The molecule has 0 spiro atoms. The van der Waals surface area contributed by atoms with E-state index in [0.717, 1.165) is 6.42 Å². The smallest absolute Gasteiger partial charge is 0.407 e. The zero-order chi connectivity index (χ0) is 14.3. The van der Waals surface area contributed by atoms with E-state index in [9.17, 15) is 9.59 Å². The van der Waals surface area contributed by atoms with Gasteiger partial charge in [0, 0.05) is 38.3 Å². The Labute approximate surface area is 124 Å². The van der Waals surface area contributed by atoms with Crippen LogP contribution in [-0.4, -0.2) is 52.4 Å². The fourth-order valence-corrected chi connectivity index (χ4v) is 3.25. The van der Waals surface area contributed by atoms with Gasteiger partial charge in [-0.2, -0.15) is 5.10 Å². The predicted octanol–water partition coefficient (Wildman–Crippen LogP) is 0.753. The SMILES string of the molecule is Cn1cc(Br)c(C(=O)N2CC[C@@H]3NC(=O)OC[C@H]3C2)n1. The summed E-state index contributed by atoms with van der Waals surface area (Å²) in [6.45, 7) is 1.56. The molecule has 3 rings (SSSR count). The molecule has 8 heteroatoms. The fraction of sp³-hybridized carbons (Fsp3) is 0.583. The van der Waals surface area contributed by atoms with E-state index in [1.807, 2.05) is 0 Å². The molecule has 2 fully saturated rings. The van der Waals surface area contributed by atoms with Crippen LogP contribution >= 0.6 is 15.9 Å². The Balaban J connectivity index is 1.71. The van der Waals surface area contributed by atoms with Crippen molar-refractivity contribution in [3.8, 4) is 0 Å². The average Bonchev–Trinajstić information content (AvgIpc) is 2.76. The number of cyclic esters (lactones) is 1. The topological polar surface area (TPSA) is 76.5 Å². The van der Waals surface area contributed by atoms with Crippen molar-refractivity contribution >= 4 is 27.9 Å². The Morgan fingerprint density at radius 1 is 1.60 bits per heavy atom. The van der Waals surface area contributed by atoms with Gasteiger partial charge in [-0.05, 0) is 22.4 Å². The number of rotatable bonds is 1. The van der Waals surface area contributed by atoms with E-state index >= 15 is 0 Å². The van der Waals surface area contributed by atoms with E-state index in [4.69, 9.17) is 4.74 Å². The van der Waals surface area contributed by atoms with Gasteiger partial charge in [0.1, 0.15) is 0 Å². The quantitative estimate of drug-likeness (QED) is 0.817. The van der Waals surface area contributed by atoms with Gasteiger partial charge in [0.25, 0.3) is 5.91 Å². The van der Waals surface area contributed by atoms with Gasteiger partial charge >= 0.3 is 6.09 Å². The summed E-state index contributed by atoms with van der Waals surface area (Å²) >= 11 is 3.35. The van der Waals surface area contributed by atoms with Crippen molar-refractivity contribution < 1.29 is 14.3 Å². The van der Waals surface area contributed by atoms with Crippen LogP contribution in [0.2, 0.25) is 0 Å². The van der Waals surface area contributed by atoms with Crippen molar-refractivity contribution in [1.29, 1.82) is 0 Å². The molecule has 2 saturated heterocycles. The summed E-state index contributed by atoms with van der Waals surface area (Å²) in [5.41, 5.74) is 0.423. The van der Waals surface area contributed by atoms with Crippen LogP contribution in [0.3, 0.4) is 0 Å². The highest BCUT2D eigenvalue weighted by atomic mass is 79.9. The Morgan fingerprint density at radius 3 is 3.10 bits per heavy atom. The second-order valence-corrected chi connectivity index (χ2v) is 6.00. The molecule has 1 N–H and O–H groups in total. The number of likely N-dealkylation sites (tertiary alicyclic amines) is 1. The standard InChI is InChI=1S/C12H15BrN4O3/c1-16-5-8(13)10(15-16)11(18)17-3-2-9-7(4-17)6-20-12(19)14-9/h5,7,9H,2-4,6H2,1H3,(H,14,19)/t7-,9+/m1/s1. The molecular formula is C12H15BrN4O3. The van der Waals surface area contributed by atoms with Crippen LogP contribution in [0.25, 0.3) is 0 Å². The minimum absolute atomic E-state index is 0.0900. The first kappa shape index (κ1) is 13.4. The van der Waals surface area contributed by atoms with Gasteiger partial charge in [0.15, 0.2) is 5.69 Å². The van der Waals surface area contributed by atoms with Gasteiger partial charge in [0.05, 0.1) is 11.1 Å². The van der Waals surface area contributed by atoms with Crippen LogP contribution in [-0.2, 0) is 11.8 Å². The van der Waals surface area contributed by atoms with E-state index in [2.05, 4.69) is 26.3 Å². The number of fused-ring (bicyclic) bond motifs is 1. The monoisotopic (exact) mass is 342 g/mol. The zero-order valence-electron chi connectivity index (χ0n) is 11.0. The molecule has 2 atom stereocenters. The molecule has 0 saturated carbocycles. The maximum atomic E-state index is 12.5. The minimum Gasteiger partial charge on any atom is -0.449 e. The van der Waals surface area contributed by atoms with Crippen LogP contribution in [0.5, 0.6) is 0 Å². The zero-order valence-corrected chi connectivity index (χ0v) is 12.6. The van der Waals surface area contributed by atoms with Crippen LogP contribution in [0.4, 0.5) is 4.79 Å². The van der Waals surface area contributed by atoms with E-state index in [0.29, 0.717) is 29.9 Å². The van der Waals surface area contributed by atoms with Crippen molar-refractivity contribution in [2.24, 2.45) is 13.0 Å². The van der Waals surface area contributed by atoms with Crippen molar-refractivity contribution in [3.05, 3.63) is 16.4 Å². The molecule has 0 aliphatic carbocycles. The minimum atomic E-state index is -0.363. The van der Waals surface area contributed by atoms with Crippen molar-refractivity contribution in [2.75, 3.05) is 19.7 Å². The summed E-state index contributed by atoms with van der Waals surface area (Å²) in [7, 11) is 1.78. The first-order valence-electron chi connectivity index (χ1n) is 6.46. The Bertz CT molecular complexity index is 559. The molecule has 0 aromatic carbocycles. The van der Waals surface area contributed by atoms with Crippen LogP contribution in [0, 0.1) is 5.92 Å². The number of piperidine rings is 1. The predicted molar refractivity (Wildman–Crippen MR) is 73.2 cm³/mol. The molecule has 108 valence electrons. The fourth-order valence-electron chi connectivity index (χ4n) is 2.71. The number of hydrogen-bond donors (Lipinski definition) is 1. The lowest BCUT2D eigenvalue weighted by Crippen LogP contribution is -2.57. The number of carbonyl (C=O) groups excluding carboxylic acids is 2. The first-order valence-corrected chi connectivity index (χ1v) is 7.25. The van der Waals surface area contributed by atoms with Crippen molar-refractivity contribution in [3.63, 3.8) is 0 Å². The summed E-state index contributed by atoms with van der Waals surface area (Å²) in [5.74, 6) is 0.0562. The number of carbonyl (C=O) groups is 2. The van der Waals surface area contributed by atoms with E-state index in [1.54, 1.807) is 22.8 Å². The van der Waals surface area contributed by atoms with Gasteiger partial charge < -0.3 is 15.0 Å². The molecule has 2 aliphatic heterocycles. The molecule has 7 nitrogen and oxygen atoms in total. The van der Waals surface area contributed by atoms with Gasteiger partial charge in [-0.3, -0.25) is 9.48 Å². The number of nitrogens with zero attached hydrogens (tertiary/aromatic N) is 3. The van der Waals surface area contributed by atoms with E-state index in [1.165, 1.54) is 0 Å². The molecule has 1 aromatic rings. The molecule has 1 aromatic heterocycles. The van der Waals surface area contributed by atoms with Gasteiger partial charge in [0.2, 0.25) is 0 Å².